The molecule has 0 fully saturated rings. The second-order valence-corrected chi connectivity index (χ2v) is 5.00. The summed E-state index contributed by atoms with van der Waals surface area (Å²) in [4.78, 5) is 28.3. The summed E-state index contributed by atoms with van der Waals surface area (Å²) in [5.74, 6) is -0.998. The Labute approximate surface area is 124 Å². The van der Waals surface area contributed by atoms with Gasteiger partial charge in [0.2, 0.25) is 11.6 Å². The fourth-order valence-corrected chi connectivity index (χ4v) is 2.37. The van der Waals surface area contributed by atoms with Crippen molar-refractivity contribution in [2.24, 2.45) is 0 Å². The number of benzene rings is 1. The third-order valence-corrected chi connectivity index (χ3v) is 3.83. The molecule has 0 unspecified atom stereocenters. The van der Waals surface area contributed by atoms with Gasteiger partial charge in [-0.05, 0) is 12.1 Å². The molecule has 0 spiro atoms. The van der Waals surface area contributed by atoms with Gasteiger partial charge >= 0.3 is 0 Å². The van der Waals surface area contributed by atoms with Crippen LogP contribution >= 0.6 is 23.2 Å². The van der Waals surface area contributed by atoms with Gasteiger partial charge in [0.05, 0.1) is 11.3 Å². The van der Waals surface area contributed by atoms with Crippen molar-refractivity contribution in [2.45, 2.75) is 0 Å². The Morgan fingerprint density at radius 1 is 0.800 bits per heavy atom. The van der Waals surface area contributed by atoms with E-state index in [-0.39, 0.29) is 21.3 Å². The molecule has 1 aliphatic carbocycles. The summed E-state index contributed by atoms with van der Waals surface area (Å²) < 4.78 is 0. The van der Waals surface area contributed by atoms with E-state index in [2.05, 4.69) is 4.98 Å². The van der Waals surface area contributed by atoms with Crippen molar-refractivity contribution in [3.63, 3.8) is 0 Å². The topological polar surface area (TPSA) is 47.0 Å². The molecular formula is C15H7Cl2NO2. The SMILES string of the molecule is O=C1C(Cl)=C(Cl)C(=O)c2nc(-c3ccccc3)ccc21. The van der Waals surface area contributed by atoms with E-state index in [1.807, 2.05) is 30.3 Å². The third kappa shape index (κ3) is 1.96. The molecule has 0 saturated heterocycles. The number of fused-ring (bicyclic) bond motifs is 1. The highest BCUT2D eigenvalue weighted by atomic mass is 35.5. The highest BCUT2D eigenvalue weighted by Gasteiger charge is 2.32. The zero-order chi connectivity index (χ0) is 14.3. The Hall–Kier alpha value is -1.97. The average Bonchev–Trinajstić information content (AvgIpc) is 2.51. The van der Waals surface area contributed by atoms with Crippen LogP contribution in [-0.2, 0) is 0 Å². The number of aromatic nitrogens is 1. The van der Waals surface area contributed by atoms with Crippen molar-refractivity contribution in [2.75, 3.05) is 0 Å². The number of allylic oxidation sites excluding steroid dienone is 2. The molecule has 0 N–H and O–H groups in total. The smallest absolute Gasteiger partial charge is 0.225 e. The molecule has 3 nitrogen and oxygen atoms in total. The van der Waals surface area contributed by atoms with Gasteiger partial charge in [-0.2, -0.15) is 0 Å². The largest absolute Gasteiger partial charge is 0.287 e. The molecule has 3 rings (SSSR count). The Kier molecular flexibility index (Phi) is 3.16. The number of halogens is 2. The van der Waals surface area contributed by atoms with Gasteiger partial charge in [-0.1, -0.05) is 53.5 Å². The van der Waals surface area contributed by atoms with Gasteiger partial charge in [0.15, 0.2) is 0 Å². The predicted molar refractivity (Wildman–Crippen MR) is 77.1 cm³/mol. The molecule has 5 heteroatoms. The number of carbonyl (C=O) groups is 2. The van der Waals surface area contributed by atoms with Crippen LogP contribution in [-0.4, -0.2) is 16.6 Å². The normalized spacial score (nSPS) is 14.5. The fraction of sp³-hybridized carbons (Fsp3) is 0. The first-order chi connectivity index (χ1) is 9.59. The first kappa shape index (κ1) is 13.0. The van der Waals surface area contributed by atoms with Crippen molar-refractivity contribution in [3.8, 4) is 11.3 Å². The molecule has 98 valence electrons. The number of Topliss-reactive ketones (excluding diaryl/α,β-unsaturated/α-hetero) is 2. The standard InChI is InChI=1S/C15H7Cl2NO2/c16-11-12(17)15(20)13-9(14(11)19)6-7-10(18-13)8-4-2-1-3-5-8/h1-7H. The van der Waals surface area contributed by atoms with E-state index in [9.17, 15) is 9.59 Å². The molecule has 1 aromatic heterocycles. The molecule has 0 atom stereocenters. The number of carbonyl (C=O) groups excluding carboxylic acids is 2. The van der Waals surface area contributed by atoms with Crippen LogP contribution < -0.4 is 0 Å². The van der Waals surface area contributed by atoms with Gasteiger partial charge in [-0.25, -0.2) is 4.98 Å². The average molecular weight is 304 g/mol. The maximum atomic E-state index is 12.1. The number of ketones is 2. The summed E-state index contributed by atoms with van der Waals surface area (Å²) in [5, 5.41) is -0.527. The second kappa shape index (κ2) is 4.85. The number of hydrogen-bond donors (Lipinski definition) is 0. The minimum atomic E-state index is -0.524. The number of pyridine rings is 1. The highest BCUT2D eigenvalue weighted by Crippen LogP contribution is 2.31. The fourth-order valence-electron chi connectivity index (χ4n) is 2.01. The third-order valence-electron chi connectivity index (χ3n) is 3.02. The molecule has 1 aromatic carbocycles. The summed E-state index contributed by atoms with van der Waals surface area (Å²) in [6, 6.07) is 12.6. The summed E-state index contributed by atoms with van der Waals surface area (Å²) in [6.45, 7) is 0. The van der Waals surface area contributed by atoms with Crippen LogP contribution in [0.25, 0.3) is 11.3 Å². The van der Waals surface area contributed by atoms with Crippen molar-refractivity contribution in [3.05, 3.63) is 63.8 Å². The maximum absolute atomic E-state index is 12.1. The molecule has 0 amide bonds. The Morgan fingerprint density at radius 2 is 1.45 bits per heavy atom. The maximum Gasteiger partial charge on any atom is 0.225 e. The molecule has 0 saturated carbocycles. The van der Waals surface area contributed by atoms with Crippen LogP contribution in [0.2, 0.25) is 0 Å². The van der Waals surface area contributed by atoms with Crippen molar-refractivity contribution in [1.82, 2.24) is 4.98 Å². The predicted octanol–water partition coefficient (Wildman–Crippen LogP) is 3.82. The minimum absolute atomic E-state index is 0.0470. The molecule has 0 bridgehead atoms. The first-order valence-corrected chi connectivity index (χ1v) is 6.56. The summed E-state index contributed by atoms with van der Waals surface area (Å²) >= 11 is 11.5. The Morgan fingerprint density at radius 3 is 2.15 bits per heavy atom. The van der Waals surface area contributed by atoms with E-state index in [1.165, 1.54) is 0 Å². The zero-order valence-electron chi connectivity index (χ0n) is 10.1. The monoisotopic (exact) mass is 303 g/mol. The van der Waals surface area contributed by atoms with Crippen LogP contribution in [0.15, 0.2) is 52.5 Å². The molecular weight excluding hydrogens is 297 g/mol. The van der Waals surface area contributed by atoms with Crippen molar-refractivity contribution >= 4 is 34.8 Å². The lowest BCUT2D eigenvalue weighted by Crippen LogP contribution is -2.19. The van der Waals surface area contributed by atoms with Crippen LogP contribution in [0, 0.1) is 0 Å². The molecule has 0 aliphatic heterocycles. The molecule has 20 heavy (non-hydrogen) atoms. The lowest BCUT2D eigenvalue weighted by atomic mass is 9.98. The van der Waals surface area contributed by atoms with Crippen molar-refractivity contribution in [1.29, 1.82) is 0 Å². The Balaban J connectivity index is 2.18. The van der Waals surface area contributed by atoms with E-state index in [4.69, 9.17) is 23.2 Å². The first-order valence-electron chi connectivity index (χ1n) is 5.80. The van der Waals surface area contributed by atoms with Crippen LogP contribution in [0.4, 0.5) is 0 Å². The van der Waals surface area contributed by atoms with Gasteiger partial charge < -0.3 is 0 Å². The van der Waals surface area contributed by atoms with Crippen LogP contribution in [0.5, 0.6) is 0 Å². The quantitative estimate of drug-likeness (QED) is 0.804. The van der Waals surface area contributed by atoms with E-state index >= 15 is 0 Å². The molecule has 0 radical (unpaired) electrons. The van der Waals surface area contributed by atoms with Crippen LogP contribution in [0.3, 0.4) is 0 Å². The van der Waals surface area contributed by atoms with Gasteiger partial charge in [0.1, 0.15) is 15.8 Å². The zero-order valence-corrected chi connectivity index (χ0v) is 11.6. The lowest BCUT2D eigenvalue weighted by molar-refractivity contribution is 0.0983. The molecule has 1 aliphatic rings. The summed E-state index contributed by atoms with van der Waals surface area (Å²) in [6.07, 6.45) is 0. The van der Waals surface area contributed by atoms with Crippen LogP contribution in [0.1, 0.15) is 20.8 Å². The Bertz CT molecular complexity index is 767. The van der Waals surface area contributed by atoms with E-state index in [0.717, 1.165) is 5.56 Å². The van der Waals surface area contributed by atoms with E-state index in [0.29, 0.717) is 5.69 Å². The summed E-state index contributed by atoms with van der Waals surface area (Å²) in [7, 11) is 0. The van der Waals surface area contributed by atoms with E-state index < -0.39 is 11.6 Å². The second-order valence-electron chi connectivity index (χ2n) is 4.24. The molecule has 2 aromatic rings. The number of rotatable bonds is 1. The van der Waals surface area contributed by atoms with Gasteiger partial charge in [0, 0.05) is 5.56 Å². The number of nitrogens with zero attached hydrogens (tertiary/aromatic N) is 1. The minimum Gasteiger partial charge on any atom is -0.287 e. The highest BCUT2D eigenvalue weighted by molar-refractivity contribution is 6.59. The number of hydrogen-bond acceptors (Lipinski definition) is 3. The van der Waals surface area contributed by atoms with E-state index in [1.54, 1.807) is 12.1 Å². The van der Waals surface area contributed by atoms with Crippen molar-refractivity contribution < 1.29 is 9.59 Å². The van der Waals surface area contributed by atoms with Gasteiger partial charge in [-0.3, -0.25) is 9.59 Å². The molecule has 1 heterocycles. The van der Waals surface area contributed by atoms with Gasteiger partial charge in [-0.15, -0.1) is 0 Å². The van der Waals surface area contributed by atoms with Gasteiger partial charge in [0.25, 0.3) is 0 Å². The lowest BCUT2D eigenvalue weighted by Gasteiger charge is -2.14. The summed E-state index contributed by atoms with van der Waals surface area (Å²) in [5.41, 5.74) is 1.69.